The van der Waals surface area contributed by atoms with Gasteiger partial charge in [0.2, 0.25) is 0 Å². The fraction of sp³-hybridized carbons (Fsp3) is 0.194. The van der Waals surface area contributed by atoms with Crippen LogP contribution in [0.5, 0.6) is 17.2 Å². The summed E-state index contributed by atoms with van der Waals surface area (Å²) in [5, 5.41) is 0. The van der Waals surface area contributed by atoms with Gasteiger partial charge < -0.3 is 19.1 Å². The zero-order valence-electron chi connectivity index (χ0n) is 24.2. The van der Waals surface area contributed by atoms with E-state index in [4.69, 9.17) is 14.2 Å². The maximum Gasteiger partial charge on any atom is 0.186 e. The van der Waals surface area contributed by atoms with Crippen LogP contribution in [0.2, 0.25) is 0 Å². The molecule has 7 rings (SSSR count). The van der Waals surface area contributed by atoms with Gasteiger partial charge in [0.25, 0.3) is 0 Å². The third kappa shape index (κ3) is 3.70. The summed E-state index contributed by atoms with van der Waals surface area (Å²) in [6, 6.07) is 21.1. The van der Waals surface area contributed by atoms with Crippen molar-refractivity contribution in [1.29, 1.82) is 0 Å². The molecule has 0 unspecified atom stereocenters. The van der Waals surface area contributed by atoms with Crippen molar-refractivity contribution in [2.45, 2.75) is 18.0 Å². The molecule has 3 atom stereocenters. The predicted octanol–water partition coefficient (Wildman–Crippen LogP) is 6.17. The Bertz CT molecular complexity index is 1860. The molecule has 2 aliphatic heterocycles. The minimum Gasteiger partial charge on any atom is -0.497 e. The van der Waals surface area contributed by atoms with Crippen molar-refractivity contribution in [3.05, 3.63) is 125 Å². The highest BCUT2D eigenvalue weighted by Gasteiger charge is 2.72. The molecule has 3 aliphatic rings. The molecule has 1 saturated heterocycles. The number of hydrogen-bond acceptors (Lipinski definition) is 7. The van der Waals surface area contributed by atoms with Gasteiger partial charge in [0.15, 0.2) is 17.3 Å². The molecule has 1 aliphatic carbocycles. The number of ketones is 3. The molecule has 2 heterocycles. The summed E-state index contributed by atoms with van der Waals surface area (Å²) < 4.78 is 31.3. The molecule has 0 amide bonds. The zero-order valence-corrected chi connectivity index (χ0v) is 24.2. The number of halogens is 1. The van der Waals surface area contributed by atoms with Crippen LogP contribution in [0.4, 0.5) is 10.1 Å². The number of carbonyl (C=O) groups is 3. The van der Waals surface area contributed by atoms with Crippen molar-refractivity contribution in [2.24, 2.45) is 5.41 Å². The third-order valence-electron chi connectivity index (χ3n) is 9.16. The van der Waals surface area contributed by atoms with E-state index in [1.807, 2.05) is 4.90 Å². The first kappa shape index (κ1) is 27.6. The summed E-state index contributed by atoms with van der Waals surface area (Å²) in [6.45, 7) is 0. The molecule has 4 aromatic carbocycles. The second kappa shape index (κ2) is 10.2. The van der Waals surface area contributed by atoms with Crippen LogP contribution in [0.1, 0.15) is 48.1 Å². The van der Waals surface area contributed by atoms with Gasteiger partial charge in [-0.15, -0.1) is 0 Å². The molecule has 7 nitrogen and oxygen atoms in total. The number of ether oxygens (including phenoxy) is 3. The number of anilines is 1. The van der Waals surface area contributed by atoms with Crippen molar-refractivity contribution in [2.75, 3.05) is 26.2 Å². The number of rotatable bonds is 6. The number of nitrogens with zero attached hydrogens (tertiary/aromatic N) is 1. The van der Waals surface area contributed by atoms with E-state index < -0.39 is 29.2 Å². The Morgan fingerprint density at radius 3 is 2.18 bits per heavy atom. The Morgan fingerprint density at radius 2 is 1.50 bits per heavy atom. The molecule has 0 radical (unpaired) electrons. The standard InChI is InChI=1S/C36H28FNO6/c1-42-23-8-6-7-21(18-23)33(39)32-31(27-19-24(43-2)13-15-29(27)44-3)36(34(40)25-9-4-5-10-26(25)35(36)41)30-16-11-20-17-22(37)12-14-28(20)38(30)32/h4-19,30-32H,1-3H3/t30-,31+,32-/m1/s1. The van der Waals surface area contributed by atoms with Crippen LogP contribution in [0, 0.1) is 11.2 Å². The lowest BCUT2D eigenvalue weighted by atomic mass is 9.64. The smallest absolute Gasteiger partial charge is 0.186 e. The monoisotopic (exact) mass is 589 g/mol. The molecular weight excluding hydrogens is 561 g/mol. The van der Waals surface area contributed by atoms with Gasteiger partial charge in [-0.2, -0.15) is 0 Å². The third-order valence-corrected chi connectivity index (χ3v) is 9.16. The number of Topliss-reactive ketones (excluding diaryl/α,β-unsaturated/α-hetero) is 3. The van der Waals surface area contributed by atoms with E-state index in [9.17, 15) is 18.8 Å². The molecule has 1 fully saturated rings. The Balaban J connectivity index is 1.58. The quantitative estimate of drug-likeness (QED) is 0.197. The number of methoxy groups -OCH3 is 3. The van der Waals surface area contributed by atoms with E-state index in [2.05, 4.69) is 0 Å². The maximum atomic E-state index is 14.9. The molecule has 0 N–H and O–H groups in total. The van der Waals surface area contributed by atoms with Crippen LogP contribution < -0.4 is 19.1 Å². The summed E-state index contributed by atoms with van der Waals surface area (Å²) in [5.41, 5.74) is 0.758. The Hall–Kier alpha value is -5.24. The van der Waals surface area contributed by atoms with E-state index in [-0.39, 0.29) is 17.3 Å². The van der Waals surface area contributed by atoms with Gasteiger partial charge in [-0.3, -0.25) is 14.4 Å². The first-order valence-corrected chi connectivity index (χ1v) is 14.2. The van der Waals surface area contributed by atoms with Gasteiger partial charge in [-0.25, -0.2) is 4.39 Å². The van der Waals surface area contributed by atoms with Gasteiger partial charge in [0, 0.05) is 39.4 Å². The summed E-state index contributed by atoms with van der Waals surface area (Å²) in [4.78, 5) is 46.4. The van der Waals surface area contributed by atoms with Crippen molar-refractivity contribution in [3.63, 3.8) is 0 Å². The molecule has 4 aromatic rings. The fourth-order valence-electron chi connectivity index (χ4n) is 7.32. The van der Waals surface area contributed by atoms with E-state index in [0.717, 1.165) is 0 Å². The molecule has 44 heavy (non-hydrogen) atoms. The lowest BCUT2D eigenvalue weighted by Crippen LogP contribution is -2.48. The molecule has 1 spiro atoms. The van der Waals surface area contributed by atoms with Gasteiger partial charge >= 0.3 is 0 Å². The molecular formula is C36H28FNO6. The van der Waals surface area contributed by atoms with Crippen LogP contribution in [0.3, 0.4) is 0 Å². The Kier molecular flexibility index (Phi) is 6.39. The zero-order chi connectivity index (χ0) is 30.7. The van der Waals surface area contributed by atoms with Crippen LogP contribution in [0.25, 0.3) is 6.08 Å². The van der Waals surface area contributed by atoms with Crippen LogP contribution in [0.15, 0.2) is 91.0 Å². The molecule has 0 saturated carbocycles. The van der Waals surface area contributed by atoms with Gasteiger partial charge in [0.1, 0.15) is 34.5 Å². The number of benzene rings is 4. The summed E-state index contributed by atoms with van der Waals surface area (Å²) in [7, 11) is 4.54. The summed E-state index contributed by atoms with van der Waals surface area (Å²) in [6.07, 6.45) is 3.48. The predicted molar refractivity (Wildman–Crippen MR) is 163 cm³/mol. The highest BCUT2D eigenvalue weighted by molar-refractivity contribution is 6.32. The average molecular weight is 590 g/mol. The lowest BCUT2D eigenvalue weighted by molar-refractivity contribution is 0.0664. The second-order valence-corrected chi connectivity index (χ2v) is 11.1. The first-order chi connectivity index (χ1) is 21.3. The molecule has 8 heteroatoms. The van der Waals surface area contributed by atoms with Crippen molar-refractivity contribution < 1.29 is 33.0 Å². The van der Waals surface area contributed by atoms with Crippen LogP contribution in [-0.4, -0.2) is 50.8 Å². The summed E-state index contributed by atoms with van der Waals surface area (Å²) in [5.74, 6) is -1.19. The fourth-order valence-corrected chi connectivity index (χ4v) is 7.32. The maximum absolute atomic E-state index is 14.9. The Labute approximate surface area is 253 Å². The Morgan fingerprint density at radius 1 is 0.795 bits per heavy atom. The van der Waals surface area contributed by atoms with Crippen molar-refractivity contribution >= 4 is 29.1 Å². The SMILES string of the molecule is COc1cccc(C(=O)[C@H]2[C@H](c3cc(OC)ccc3OC)C3(C(=O)c4ccccc4C3=O)[C@H]3C=Cc4cc(F)ccc4N23)c1. The normalized spacial score (nSPS) is 20.7. The number of hydrogen-bond donors (Lipinski definition) is 0. The molecule has 0 aromatic heterocycles. The molecule has 220 valence electrons. The second-order valence-electron chi connectivity index (χ2n) is 11.1. The molecule has 0 bridgehead atoms. The minimum absolute atomic E-state index is 0.303. The van der Waals surface area contributed by atoms with Crippen LogP contribution >= 0.6 is 0 Å². The van der Waals surface area contributed by atoms with E-state index >= 15 is 0 Å². The largest absolute Gasteiger partial charge is 0.497 e. The number of fused-ring (bicyclic) bond motifs is 5. The topological polar surface area (TPSA) is 82.1 Å². The van der Waals surface area contributed by atoms with Crippen molar-refractivity contribution in [3.8, 4) is 17.2 Å². The average Bonchev–Trinajstić information content (AvgIpc) is 3.49. The lowest BCUT2D eigenvalue weighted by Gasteiger charge is -2.37. The first-order valence-electron chi connectivity index (χ1n) is 14.2. The van der Waals surface area contributed by atoms with Crippen LogP contribution in [-0.2, 0) is 0 Å². The number of carbonyl (C=O) groups excluding carboxylic acids is 3. The highest BCUT2D eigenvalue weighted by Crippen LogP contribution is 2.62. The van der Waals surface area contributed by atoms with Gasteiger partial charge in [-0.05, 0) is 48.5 Å². The van der Waals surface area contributed by atoms with Gasteiger partial charge in [0.05, 0.1) is 27.4 Å². The van der Waals surface area contributed by atoms with E-state index in [1.54, 1.807) is 84.9 Å². The van der Waals surface area contributed by atoms with E-state index in [1.165, 1.54) is 33.5 Å². The van der Waals surface area contributed by atoms with E-state index in [0.29, 0.717) is 50.8 Å². The minimum atomic E-state index is -1.74. The summed E-state index contributed by atoms with van der Waals surface area (Å²) >= 11 is 0. The van der Waals surface area contributed by atoms with Gasteiger partial charge in [-0.1, -0.05) is 48.6 Å². The highest BCUT2D eigenvalue weighted by atomic mass is 19.1. The van der Waals surface area contributed by atoms with Crippen molar-refractivity contribution in [1.82, 2.24) is 0 Å².